The van der Waals surface area contributed by atoms with Gasteiger partial charge in [-0.3, -0.25) is 4.90 Å². The second-order valence-corrected chi connectivity index (χ2v) is 8.53. The fraction of sp³-hybridized carbons (Fsp3) is 0.429. The number of nitrogens with zero attached hydrogens (tertiary/aromatic N) is 1. The lowest BCUT2D eigenvalue weighted by Gasteiger charge is -2.35. The fourth-order valence-corrected chi connectivity index (χ4v) is 3.92. The average molecular weight is 411 g/mol. The first kappa shape index (κ1) is 20.9. The molecule has 0 radical (unpaired) electrons. The molecule has 0 bridgehead atoms. The first-order chi connectivity index (χ1) is 13.1. The Morgan fingerprint density at radius 2 is 1.79 bits per heavy atom. The molecule has 28 heavy (non-hydrogen) atoms. The summed E-state index contributed by atoms with van der Waals surface area (Å²) in [6.45, 7) is 6.05. The van der Waals surface area contributed by atoms with E-state index in [0.29, 0.717) is 12.0 Å². The highest BCUT2D eigenvalue weighted by atomic mass is 32.2. The maximum atomic E-state index is 12.5. The lowest BCUT2D eigenvalue weighted by molar-refractivity contribution is -0.275. The summed E-state index contributed by atoms with van der Waals surface area (Å²) in [5, 5.41) is 9.61. The zero-order valence-electron chi connectivity index (χ0n) is 16.1. The van der Waals surface area contributed by atoms with Crippen LogP contribution in [0.1, 0.15) is 37.0 Å². The number of aromatic hydroxyl groups is 1. The quantitative estimate of drug-likeness (QED) is 0.615. The summed E-state index contributed by atoms with van der Waals surface area (Å²) in [7, 11) is 0. The number of thioether (sulfide) groups is 1. The Morgan fingerprint density at radius 1 is 1.07 bits per heavy atom. The Hall–Kier alpha value is -1.86. The van der Waals surface area contributed by atoms with E-state index in [4.69, 9.17) is 0 Å². The number of phenolic OH excluding ortho intramolecular Hbond substituents is 1. The molecule has 3 nitrogen and oxygen atoms in total. The van der Waals surface area contributed by atoms with Crippen molar-refractivity contribution in [3.63, 3.8) is 0 Å². The monoisotopic (exact) mass is 411 g/mol. The number of fused-ring (bicyclic) bond motifs is 1. The van der Waals surface area contributed by atoms with Gasteiger partial charge in [0.15, 0.2) is 11.5 Å². The van der Waals surface area contributed by atoms with Gasteiger partial charge in [-0.15, -0.1) is 24.9 Å². The van der Waals surface area contributed by atoms with Crippen LogP contribution in [0.4, 0.5) is 13.2 Å². The van der Waals surface area contributed by atoms with Gasteiger partial charge < -0.3 is 9.84 Å². The molecule has 2 aromatic carbocycles. The SMILES string of the molecule is CSc1ccc2c(c1)CN(C(C)(C)CCc1ccc(O)c(OC(F)(F)F)c1)C2. The molecule has 1 N–H and O–H groups in total. The van der Waals surface area contributed by atoms with Crippen LogP contribution in [0, 0.1) is 0 Å². The average Bonchev–Trinajstić information content (AvgIpc) is 3.05. The third-order valence-corrected chi connectivity index (χ3v) is 5.99. The van der Waals surface area contributed by atoms with E-state index in [9.17, 15) is 18.3 Å². The van der Waals surface area contributed by atoms with Crippen molar-refractivity contribution in [3.05, 3.63) is 53.1 Å². The maximum absolute atomic E-state index is 12.5. The molecule has 0 spiro atoms. The highest BCUT2D eigenvalue weighted by Crippen LogP contribution is 2.35. The van der Waals surface area contributed by atoms with Crippen molar-refractivity contribution in [2.45, 2.75) is 56.6 Å². The number of ether oxygens (including phenoxy) is 1. The predicted octanol–water partition coefficient (Wildman–Crippen LogP) is 5.74. The minimum Gasteiger partial charge on any atom is -0.504 e. The molecule has 0 unspecified atom stereocenters. The molecule has 7 heteroatoms. The molecule has 3 rings (SSSR count). The van der Waals surface area contributed by atoms with Crippen molar-refractivity contribution in [2.24, 2.45) is 0 Å². The molecular weight excluding hydrogens is 387 g/mol. The number of hydrogen-bond donors (Lipinski definition) is 1. The van der Waals surface area contributed by atoms with Crippen molar-refractivity contribution >= 4 is 11.8 Å². The molecule has 2 aromatic rings. The summed E-state index contributed by atoms with van der Waals surface area (Å²) in [5.74, 6) is -1.07. The Morgan fingerprint density at radius 3 is 2.46 bits per heavy atom. The minimum absolute atomic E-state index is 0.124. The highest BCUT2D eigenvalue weighted by Gasteiger charge is 2.33. The summed E-state index contributed by atoms with van der Waals surface area (Å²) in [6.07, 6.45) is -1.41. The molecule has 1 heterocycles. The Kier molecular flexibility index (Phi) is 5.87. The molecular formula is C21H24F3NO2S. The molecule has 0 fully saturated rings. The van der Waals surface area contributed by atoms with Crippen LogP contribution in [0.15, 0.2) is 41.3 Å². The van der Waals surface area contributed by atoms with E-state index in [0.717, 1.165) is 19.5 Å². The van der Waals surface area contributed by atoms with Crippen LogP contribution < -0.4 is 4.74 Å². The lowest BCUT2D eigenvalue weighted by atomic mass is 9.93. The molecule has 0 atom stereocenters. The molecule has 152 valence electrons. The molecule has 0 saturated carbocycles. The van der Waals surface area contributed by atoms with E-state index in [2.05, 4.69) is 47.9 Å². The van der Waals surface area contributed by atoms with Crippen LogP contribution in [0.2, 0.25) is 0 Å². The smallest absolute Gasteiger partial charge is 0.504 e. The van der Waals surface area contributed by atoms with Crippen LogP contribution in [0.3, 0.4) is 0 Å². The third-order valence-electron chi connectivity index (χ3n) is 5.27. The van der Waals surface area contributed by atoms with Crippen LogP contribution >= 0.6 is 11.8 Å². The van der Waals surface area contributed by atoms with E-state index < -0.39 is 17.9 Å². The van der Waals surface area contributed by atoms with Crippen molar-refractivity contribution in [3.8, 4) is 11.5 Å². The first-order valence-electron chi connectivity index (χ1n) is 9.06. The maximum Gasteiger partial charge on any atom is 0.573 e. The molecule has 0 saturated heterocycles. The van der Waals surface area contributed by atoms with Crippen LogP contribution in [0.5, 0.6) is 11.5 Å². The lowest BCUT2D eigenvalue weighted by Crippen LogP contribution is -2.40. The Labute approximate surface area is 167 Å². The summed E-state index contributed by atoms with van der Waals surface area (Å²) in [4.78, 5) is 3.65. The molecule has 1 aliphatic rings. The van der Waals surface area contributed by atoms with Crippen molar-refractivity contribution < 1.29 is 23.0 Å². The predicted molar refractivity (Wildman–Crippen MR) is 105 cm³/mol. The Balaban J connectivity index is 1.66. The van der Waals surface area contributed by atoms with E-state index in [1.807, 2.05) is 0 Å². The second-order valence-electron chi connectivity index (χ2n) is 7.65. The number of rotatable bonds is 6. The van der Waals surface area contributed by atoms with Gasteiger partial charge in [0.25, 0.3) is 0 Å². The molecule has 0 amide bonds. The van der Waals surface area contributed by atoms with Gasteiger partial charge in [0.1, 0.15) is 0 Å². The van der Waals surface area contributed by atoms with Gasteiger partial charge in [-0.2, -0.15) is 0 Å². The first-order valence-corrected chi connectivity index (χ1v) is 10.3. The number of benzene rings is 2. The summed E-state index contributed by atoms with van der Waals surface area (Å²) < 4.78 is 41.3. The van der Waals surface area contributed by atoms with Gasteiger partial charge in [0.2, 0.25) is 0 Å². The Bertz CT molecular complexity index is 852. The van der Waals surface area contributed by atoms with E-state index in [1.54, 1.807) is 17.8 Å². The number of phenols is 1. The van der Waals surface area contributed by atoms with Crippen molar-refractivity contribution in [2.75, 3.05) is 6.26 Å². The standard InChI is InChI=1S/C21H24F3NO2S/c1-20(2,25-12-15-5-6-17(28-3)11-16(15)13-25)9-8-14-4-7-18(26)19(10-14)27-21(22,23)24/h4-7,10-11,26H,8-9,12-13H2,1-3H3. The van der Waals surface area contributed by atoms with Gasteiger partial charge in [0.05, 0.1) is 0 Å². The van der Waals surface area contributed by atoms with E-state index in [1.165, 1.54) is 28.2 Å². The number of hydrogen-bond acceptors (Lipinski definition) is 4. The van der Waals surface area contributed by atoms with Crippen LogP contribution in [-0.4, -0.2) is 28.2 Å². The largest absolute Gasteiger partial charge is 0.573 e. The third kappa shape index (κ3) is 4.94. The van der Waals surface area contributed by atoms with Gasteiger partial charge in [-0.1, -0.05) is 12.1 Å². The van der Waals surface area contributed by atoms with Gasteiger partial charge in [0, 0.05) is 23.5 Å². The molecule has 0 aromatic heterocycles. The molecule has 0 aliphatic carbocycles. The highest BCUT2D eigenvalue weighted by molar-refractivity contribution is 7.98. The normalized spacial score (nSPS) is 14.9. The van der Waals surface area contributed by atoms with E-state index >= 15 is 0 Å². The number of aryl methyl sites for hydroxylation is 1. The topological polar surface area (TPSA) is 32.7 Å². The minimum atomic E-state index is -4.83. The van der Waals surface area contributed by atoms with E-state index in [-0.39, 0.29) is 5.54 Å². The number of alkyl halides is 3. The zero-order chi connectivity index (χ0) is 20.5. The summed E-state index contributed by atoms with van der Waals surface area (Å²) in [6, 6.07) is 10.7. The number of halogens is 3. The zero-order valence-corrected chi connectivity index (χ0v) is 17.0. The van der Waals surface area contributed by atoms with Gasteiger partial charge >= 0.3 is 6.36 Å². The fourth-order valence-electron chi connectivity index (χ4n) is 3.45. The summed E-state index contributed by atoms with van der Waals surface area (Å²) in [5.41, 5.74) is 3.25. The van der Waals surface area contributed by atoms with Crippen molar-refractivity contribution in [1.29, 1.82) is 0 Å². The van der Waals surface area contributed by atoms with Gasteiger partial charge in [-0.05, 0) is 73.9 Å². The van der Waals surface area contributed by atoms with Crippen LogP contribution in [0.25, 0.3) is 0 Å². The van der Waals surface area contributed by atoms with Crippen molar-refractivity contribution in [1.82, 2.24) is 4.90 Å². The van der Waals surface area contributed by atoms with Gasteiger partial charge in [-0.25, -0.2) is 0 Å². The summed E-state index contributed by atoms with van der Waals surface area (Å²) >= 11 is 1.73. The molecule has 1 aliphatic heterocycles. The second kappa shape index (κ2) is 7.87. The van der Waals surface area contributed by atoms with Crippen LogP contribution in [-0.2, 0) is 19.5 Å².